The third-order valence-electron chi connectivity index (χ3n) is 3.41. The molecule has 0 atom stereocenters. The van der Waals surface area contributed by atoms with Crippen molar-refractivity contribution in [2.45, 2.75) is 32.6 Å². The van der Waals surface area contributed by atoms with E-state index in [-0.39, 0.29) is 5.91 Å². The van der Waals surface area contributed by atoms with Gasteiger partial charge >= 0.3 is 0 Å². The molecule has 1 aromatic heterocycles. The zero-order valence-electron chi connectivity index (χ0n) is 12.9. The van der Waals surface area contributed by atoms with Crippen LogP contribution in [-0.4, -0.2) is 34.5 Å². The molecule has 0 spiro atoms. The SMILES string of the molecule is CCCCC(=O)N(C)CCc1noc(-c2ccccc2Cl)n1. The van der Waals surface area contributed by atoms with Crippen molar-refractivity contribution in [1.82, 2.24) is 15.0 Å². The Morgan fingerprint density at radius 2 is 2.14 bits per heavy atom. The first-order chi connectivity index (χ1) is 10.6. The number of amides is 1. The Hall–Kier alpha value is -1.88. The first-order valence-electron chi connectivity index (χ1n) is 7.43. The molecule has 0 aliphatic carbocycles. The molecule has 0 fully saturated rings. The number of rotatable bonds is 7. The topological polar surface area (TPSA) is 59.2 Å². The average molecular weight is 322 g/mol. The molecule has 118 valence electrons. The lowest BCUT2D eigenvalue weighted by atomic mass is 10.2. The molecule has 22 heavy (non-hydrogen) atoms. The summed E-state index contributed by atoms with van der Waals surface area (Å²) in [6.07, 6.45) is 3.08. The molecule has 1 heterocycles. The molecule has 0 bridgehead atoms. The molecule has 0 radical (unpaired) electrons. The Bertz CT molecular complexity index is 627. The van der Waals surface area contributed by atoms with Crippen LogP contribution >= 0.6 is 11.6 Å². The maximum Gasteiger partial charge on any atom is 0.259 e. The number of carbonyl (C=O) groups is 1. The lowest BCUT2D eigenvalue weighted by Crippen LogP contribution is -2.28. The second-order valence-electron chi connectivity index (χ2n) is 5.16. The summed E-state index contributed by atoms with van der Waals surface area (Å²) in [5.41, 5.74) is 0.718. The summed E-state index contributed by atoms with van der Waals surface area (Å²) >= 11 is 6.10. The van der Waals surface area contributed by atoms with E-state index in [0.29, 0.717) is 36.1 Å². The van der Waals surface area contributed by atoms with Gasteiger partial charge in [-0.15, -0.1) is 0 Å². The predicted octanol–water partition coefficient (Wildman–Crippen LogP) is 3.58. The summed E-state index contributed by atoms with van der Waals surface area (Å²) in [6, 6.07) is 7.33. The minimum Gasteiger partial charge on any atom is -0.345 e. The molecule has 1 amide bonds. The van der Waals surface area contributed by atoms with E-state index in [0.717, 1.165) is 18.4 Å². The van der Waals surface area contributed by atoms with Crippen LogP contribution in [0.5, 0.6) is 0 Å². The standard InChI is InChI=1S/C16H20ClN3O2/c1-3-4-9-15(21)20(2)11-10-14-18-16(22-19-14)12-7-5-6-8-13(12)17/h5-8H,3-4,9-11H2,1-2H3. The first-order valence-corrected chi connectivity index (χ1v) is 7.81. The van der Waals surface area contributed by atoms with Gasteiger partial charge in [0.1, 0.15) is 0 Å². The van der Waals surface area contributed by atoms with Crippen LogP contribution < -0.4 is 0 Å². The van der Waals surface area contributed by atoms with Crippen LogP contribution in [0.2, 0.25) is 5.02 Å². The van der Waals surface area contributed by atoms with E-state index in [9.17, 15) is 4.79 Å². The minimum absolute atomic E-state index is 0.150. The largest absolute Gasteiger partial charge is 0.345 e. The van der Waals surface area contributed by atoms with Gasteiger partial charge in [0.2, 0.25) is 5.91 Å². The number of likely N-dealkylation sites (N-methyl/N-ethyl adjacent to an activating group) is 1. The number of aromatic nitrogens is 2. The molecule has 0 saturated heterocycles. The van der Waals surface area contributed by atoms with Gasteiger partial charge in [0.15, 0.2) is 5.82 Å². The first kappa shape index (κ1) is 16.5. The highest BCUT2D eigenvalue weighted by Gasteiger charge is 2.13. The summed E-state index contributed by atoms with van der Waals surface area (Å²) in [7, 11) is 1.80. The van der Waals surface area contributed by atoms with E-state index in [1.165, 1.54) is 0 Å². The second kappa shape index (κ2) is 7.94. The van der Waals surface area contributed by atoms with Gasteiger partial charge in [-0.05, 0) is 18.6 Å². The number of carbonyl (C=O) groups excluding carboxylic acids is 1. The number of benzene rings is 1. The number of unbranched alkanes of at least 4 members (excludes halogenated alkanes) is 1. The monoisotopic (exact) mass is 321 g/mol. The molecule has 2 aromatic rings. The minimum atomic E-state index is 0.150. The molecule has 0 saturated carbocycles. The fraction of sp³-hybridized carbons (Fsp3) is 0.438. The Balaban J connectivity index is 1.93. The molecule has 1 aromatic carbocycles. The smallest absolute Gasteiger partial charge is 0.259 e. The molecular weight excluding hydrogens is 302 g/mol. The molecule has 2 rings (SSSR count). The number of hydrogen-bond acceptors (Lipinski definition) is 4. The van der Waals surface area contributed by atoms with Gasteiger partial charge in [-0.1, -0.05) is 42.2 Å². The van der Waals surface area contributed by atoms with Crippen LogP contribution in [0.1, 0.15) is 32.0 Å². The predicted molar refractivity (Wildman–Crippen MR) is 85.6 cm³/mol. The highest BCUT2D eigenvalue weighted by atomic mass is 35.5. The Morgan fingerprint density at radius 3 is 2.86 bits per heavy atom. The summed E-state index contributed by atoms with van der Waals surface area (Å²) in [4.78, 5) is 17.9. The lowest BCUT2D eigenvalue weighted by molar-refractivity contribution is -0.130. The van der Waals surface area contributed by atoms with Crippen molar-refractivity contribution in [3.8, 4) is 11.5 Å². The van der Waals surface area contributed by atoms with Crippen molar-refractivity contribution in [3.63, 3.8) is 0 Å². The summed E-state index contributed by atoms with van der Waals surface area (Å²) in [5.74, 6) is 1.13. The van der Waals surface area contributed by atoms with Gasteiger partial charge in [-0.25, -0.2) is 0 Å². The van der Waals surface area contributed by atoms with E-state index in [1.54, 1.807) is 18.0 Å². The summed E-state index contributed by atoms with van der Waals surface area (Å²) in [5, 5.41) is 4.52. The Kier molecular flexibility index (Phi) is 5.95. The van der Waals surface area contributed by atoms with Crippen LogP contribution in [0.3, 0.4) is 0 Å². The van der Waals surface area contributed by atoms with Crippen LogP contribution in [0, 0.1) is 0 Å². The zero-order chi connectivity index (χ0) is 15.9. The second-order valence-corrected chi connectivity index (χ2v) is 5.57. The average Bonchev–Trinajstić information content (AvgIpc) is 2.99. The highest BCUT2D eigenvalue weighted by molar-refractivity contribution is 6.33. The van der Waals surface area contributed by atoms with Gasteiger partial charge < -0.3 is 9.42 Å². The van der Waals surface area contributed by atoms with Gasteiger partial charge in [0.25, 0.3) is 5.89 Å². The van der Waals surface area contributed by atoms with E-state index < -0.39 is 0 Å². The Morgan fingerprint density at radius 1 is 1.36 bits per heavy atom. The maximum absolute atomic E-state index is 11.8. The van der Waals surface area contributed by atoms with Crippen LogP contribution in [0.25, 0.3) is 11.5 Å². The van der Waals surface area contributed by atoms with E-state index >= 15 is 0 Å². The van der Waals surface area contributed by atoms with Crippen LogP contribution in [0.4, 0.5) is 0 Å². The fourth-order valence-electron chi connectivity index (χ4n) is 2.01. The molecule has 6 heteroatoms. The number of halogens is 1. The van der Waals surface area contributed by atoms with Crippen molar-refractivity contribution < 1.29 is 9.32 Å². The van der Waals surface area contributed by atoms with Crippen molar-refractivity contribution in [3.05, 3.63) is 35.1 Å². The van der Waals surface area contributed by atoms with Gasteiger partial charge in [0.05, 0.1) is 10.6 Å². The molecular formula is C16H20ClN3O2. The van der Waals surface area contributed by atoms with Gasteiger partial charge in [-0.3, -0.25) is 4.79 Å². The highest BCUT2D eigenvalue weighted by Crippen LogP contribution is 2.25. The quantitative estimate of drug-likeness (QED) is 0.782. The summed E-state index contributed by atoms with van der Waals surface area (Å²) in [6.45, 7) is 2.65. The van der Waals surface area contributed by atoms with Crippen molar-refractivity contribution in [1.29, 1.82) is 0 Å². The van der Waals surface area contributed by atoms with Gasteiger partial charge in [0, 0.05) is 26.4 Å². The Labute approximate surface area is 135 Å². The molecule has 5 nitrogen and oxygen atoms in total. The number of hydrogen-bond donors (Lipinski definition) is 0. The van der Waals surface area contributed by atoms with E-state index in [1.807, 2.05) is 18.2 Å². The normalized spacial score (nSPS) is 10.7. The van der Waals surface area contributed by atoms with Crippen molar-refractivity contribution in [2.75, 3.05) is 13.6 Å². The maximum atomic E-state index is 11.8. The molecule has 0 N–H and O–H groups in total. The van der Waals surface area contributed by atoms with Crippen LogP contribution in [-0.2, 0) is 11.2 Å². The number of nitrogens with zero attached hydrogens (tertiary/aromatic N) is 3. The van der Waals surface area contributed by atoms with Crippen molar-refractivity contribution >= 4 is 17.5 Å². The van der Waals surface area contributed by atoms with Crippen LogP contribution in [0.15, 0.2) is 28.8 Å². The zero-order valence-corrected chi connectivity index (χ0v) is 13.6. The lowest BCUT2D eigenvalue weighted by Gasteiger charge is -2.15. The van der Waals surface area contributed by atoms with Crippen molar-refractivity contribution in [2.24, 2.45) is 0 Å². The molecule has 0 aliphatic heterocycles. The van der Waals surface area contributed by atoms with Gasteiger partial charge in [-0.2, -0.15) is 4.98 Å². The summed E-state index contributed by atoms with van der Waals surface area (Å²) < 4.78 is 5.24. The molecule has 0 unspecified atom stereocenters. The van der Waals surface area contributed by atoms with E-state index in [2.05, 4.69) is 17.1 Å². The van der Waals surface area contributed by atoms with E-state index in [4.69, 9.17) is 16.1 Å². The molecule has 0 aliphatic rings. The third kappa shape index (κ3) is 4.31. The third-order valence-corrected chi connectivity index (χ3v) is 3.74. The fourth-order valence-corrected chi connectivity index (χ4v) is 2.23.